The number of carbonyl (C=O) groups is 2. The molecule has 1 aromatic heterocycles. The average molecular weight is 416 g/mol. The summed E-state index contributed by atoms with van der Waals surface area (Å²) in [7, 11) is 0. The maximum atomic E-state index is 12.9. The average Bonchev–Trinajstić information content (AvgIpc) is 3.29. The summed E-state index contributed by atoms with van der Waals surface area (Å²) >= 11 is 0. The van der Waals surface area contributed by atoms with Gasteiger partial charge < -0.3 is 19.0 Å². The summed E-state index contributed by atoms with van der Waals surface area (Å²) in [6.45, 7) is 5.55. The second-order valence-electron chi connectivity index (χ2n) is 8.69. The van der Waals surface area contributed by atoms with Crippen molar-refractivity contribution in [2.24, 2.45) is 5.92 Å². The minimum absolute atomic E-state index is 0.0301. The van der Waals surface area contributed by atoms with Crippen molar-refractivity contribution < 1.29 is 18.7 Å². The van der Waals surface area contributed by atoms with Crippen LogP contribution in [0.1, 0.15) is 37.9 Å². The zero-order valence-corrected chi connectivity index (χ0v) is 17.7. The molecule has 3 fully saturated rings. The number of hydrogen-bond donors (Lipinski definition) is 0. The molecule has 3 heterocycles. The van der Waals surface area contributed by atoms with Crippen LogP contribution in [0.5, 0.6) is 0 Å². The Morgan fingerprint density at radius 3 is 2.73 bits per heavy atom. The molecule has 1 aromatic rings. The molecule has 2 amide bonds. The SMILES string of the molecule is O=C1CCCN1CCCN1C[C@@H](OCC2CC2)CN(C/C=C/c2ccco2)CC1=O. The molecule has 0 radical (unpaired) electrons. The molecule has 0 N–H and O–H groups in total. The van der Waals surface area contributed by atoms with Crippen LogP contribution >= 0.6 is 0 Å². The fraction of sp³-hybridized carbons (Fsp3) is 0.652. The van der Waals surface area contributed by atoms with Gasteiger partial charge in [0.25, 0.3) is 0 Å². The van der Waals surface area contributed by atoms with Gasteiger partial charge in [-0.05, 0) is 49.8 Å². The third kappa shape index (κ3) is 6.19. The van der Waals surface area contributed by atoms with Crippen LogP contribution in [-0.4, -0.2) is 85.0 Å². The van der Waals surface area contributed by atoms with E-state index in [-0.39, 0.29) is 17.9 Å². The van der Waals surface area contributed by atoms with Crippen molar-refractivity contribution in [3.05, 3.63) is 30.2 Å². The van der Waals surface area contributed by atoms with E-state index in [1.165, 1.54) is 12.8 Å². The predicted octanol–water partition coefficient (Wildman–Crippen LogP) is 2.24. The van der Waals surface area contributed by atoms with Crippen LogP contribution in [0.2, 0.25) is 0 Å². The fourth-order valence-corrected chi connectivity index (χ4v) is 4.16. The van der Waals surface area contributed by atoms with Crippen LogP contribution < -0.4 is 0 Å². The number of likely N-dealkylation sites (tertiary alicyclic amines) is 1. The highest BCUT2D eigenvalue weighted by molar-refractivity contribution is 5.79. The zero-order chi connectivity index (χ0) is 20.8. The summed E-state index contributed by atoms with van der Waals surface area (Å²) < 4.78 is 11.5. The Hall–Kier alpha value is -2.12. The van der Waals surface area contributed by atoms with Crippen LogP contribution in [0, 0.1) is 5.92 Å². The molecular formula is C23H33N3O4. The van der Waals surface area contributed by atoms with E-state index in [0.717, 1.165) is 44.8 Å². The Morgan fingerprint density at radius 2 is 2.00 bits per heavy atom. The highest BCUT2D eigenvalue weighted by atomic mass is 16.5. The third-order valence-electron chi connectivity index (χ3n) is 6.08. The van der Waals surface area contributed by atoms with Crippen molar-refractivity contribution in [2.45, 2.75) is 38.2 Å². The van der Waals surface area contributed by atoms with E-state index in [4.69, 9.17) is 9.15 Å². The lowest BCUT2D eigenvalue weighted by atomic mass is 10.3. The molecule has 3 aliphatic rings. The normalized spacial score (nSPS) is 23.7. The molecule has 0 aromatic carbocycles. The highest BCUT2D eigenvalue weighted by Gasteiger charge is 2.30. The lowest BCUT2D eigenvalue weighted by molar-refractivity contribution is -0.131. The van der Waals surface area contributed by atoms with E-state index in [2.05, 4.69) is 4.90 Å². The van der Waals surface area contributed by atoms with Gasteiger partial charge in [0.05, 0.1) is 18.9 Å². The Bertz CT molecular complexity index is 729. The molecule has 2 aliphatic heterocycles. The molecule has 30 heavy (non-hydrogen) atoms. The Balaban J connectivity index is 1.31. The molecule has 0 spiro atoms. The van der Waals surface area contributed by atoms with Crippen molar-refractivity contribution in [3.63, 3.8) is 0 Å². The topological polar surface area (TPSA) is 66.2 Å². The first-order chi connectivity index (χ1) is 14.7. The van der Waals surface area contributed by atoms with Gasteiger partial charge in [-0.3, -0.25) is 14.5 Å². The summed E-state index contributed by atoms with van der Waals surface area (Å²) in [5, 5.41) is 0. The molecular weight excluding hydrogens is 382 g/mol. The van der Waals surface area contributed by atoms with Gasteiger partial charge in [0, 0.05) is 52.3 Å². The van der Waals surface area contributed by atoms with Crippen molar-refractivity contribution in [3.8, 4) is 0 Å². The second kappa shape index (κ2) is 10.3. The predicted molar refractivity (Wildman–Crippen MR) is 114 cm³/mol. The molecule has 1 saturated carbocycles. The summed E-state index contributed by atoms with van der Waals surface area (Å²) in [6.07, 6.45) is 10.6. The standard InChI is InChI=1S/C23H33N3O4/c27-22-7-2-11-25(22)12-4-13-26-16-21(30-18-19-8-9-19)15-24(17-23(26)28)10-1-5-20-6-3-14-29-20/h1,3,5-6,14,19,21H,2,4,7-13,15-18H2/b5-1+/t21-/m0/s1. The van der Waals surface area contributed by atoms with Crippen molar-refractivity contribution in [1.82, 2.24) is 14.7 Å². The smallest absolute Gasteiger partial charge is 0.236 e. The third-order valence-corrected chi connectivity index (χ3v) is 6.08. The minimum atomic E-state index is 0.0301. The van der Waals surface area contributed by atoms with Gasteiger partial charge in [-0.15, -0.1) is 0 Å². The zero-order valence-electron chi connectivity index (χ0n) is 17.7. The molecule has 4 rings (SSSR count). The van der Waals surface area contributed by atoms with Crippen LogP contribution in [0.15, 0.2) is 28.9 Å². The number of nitrogens with zero attached hydrogens (tertiary/aromatic N) is 3. The van der Waals surface area contributed by atoms with Crippen molar-refractivity contribution >= 4 is 17.9 Å². The first-order valence-corrected chi connectivity index (χ1v) is 11.3. The molecule has 7 nitrogen and oxygen atoms in total. The van der Waals surface area contributed by atoms with Gasteiger partial charge in [0.2, 0.25) is 11.8 Å². The van der Waals surface area contributed by atoms with Gasteiger partial charge >= 0.3 is 0 Å². The second-order valence-corrected chi connectivity index (χ2v) is 8.69. The first kappa shape index (κ1) is 21.1. The van der Waals surface area contributed by atoms with Crippen LogP contribution in [0.4, 0.5) is 0 Å². The maximum Gasteiger partial charge on any atom is 0.236 e. The summed E-state index contributed by atoms with van der Waals surface area (Å²) in [6, 6.07) is 3.78. The lowest BCUT2D eigenvalue weighted by Crippen LogP contribution is -2.40. The number of rotatable bonds is 10. The maximum absolute atomic E-state index is 12.9. The number of carbonyl (C=O) groups excluding carboxylic acids is 2. The van der Waals surface area contributed by atoms with Gasteiger partial charge in [-0.2, -0.15) is 0 Å². The van der Waals surface area contributed by atoms with E-state index in [9.17, 15) is 9.59 Å². The monoisotopic (exact) mass is 415 g/mol. The van der Waals surface area contributed by atoms with Gasteiger partial charge in [0.15, 0.2) is 0 Å². The van der Waals surface area contributed by atoms with E-state index in [1.807, 2.05) is 34.1 Å². The molecule has 1 aliphatic carbocycles. The first-order valence-electron chi connectivity index (χ1n) is 11.3. The molecule has 0 unspecified atom stereocenters. The molecule has 7 heteroatoms. The number of ether oxygens (including phenoxy) is 1. The molecule has 164 valence electrons. The largest absolute Gasteiger partial charge is 0.465 e. The van der Waals surface area contributed by atoms with Gasteiger partial charge in [0.1, 0.15) is 5.76 Å². The van der Waals surface area contributed by atoms with E-state index >= 15 is 0 Å². The Kier molecular flexibility index (Phi) is 7.23. The molecule has 2 saturated heterocycles. The fourth-order valence-electron chi connectivity index (χ4n) is 4.16. The number of hydrogen-bond acceptors (Lipinski definition) is 5. The minimum Gasteiger partial charge on any atom is -0.465 e. The number of amides is 2. The van der Waals surface area contributed by atoms with E-state index < -0.39 is 0 Å². The van der Waals surface area contributed by atoms with Gasteiger partial charge in [-0.25, -0.2) is 0 Å². The summed E-state index contributed by atoms with van der Waals surface area (Å²) in [5.74, 6) is 1.91. The van der Waals surface area contributed by atoms with Gasteiger partial charge in [-0.1, -0.05) is 6.08 Å². The highest BCUT2D eigenvalue weighted by Crippen LogP contribution is 2.29. The molecule has 0 bridgehead atoms. The quantitative estimate of drug-likeness (QED) is 0.586. The van der Waals surface area contributed by atoms with Crippen LogP contribution in [-0.2, 0) is 14.3 Å². The van der Waals surface area contributed by atoms with Crippen molar-refractivity contribution in [2.75, 3.05) is 52.4 Å². The van der Waals surface area contributed by atoms with Crippen LogP contribution in [0.3, 0.4) is 0 Å². The van der Waals surface area contributed by atoms with Crippen LogP contribution in [0.25, 0.3) is 6.08 Å². The Morgan fingerprint density at radius 1 is 1.13 bits per heavy atom. The number of furan rings is 1. The molecule has 1 atom stereocenters. The Labute approximate surface area is 178 Å². The summed E-state index contributed by atoms with van der Waals surface area (Å²) in [4.78, 5) is 30.7. The summed E-state index contributed by atoms with van der Waals surface area (Å²) in [5.41, 5.74) is 0. The van der Waals surface area contributed by atoms with E-state index in [1.54, 1.807) is 6.26 Å². The van der Waals surface area contributed by atoms with Crippen molar-refractivity contribution in [1.29, 1.82) is 0 Å². The van der Waals surface area contributed by atoms with E-state index in [0.29, 0.717) is 38.5 Å². The lowest BCUT2D eigenvalue weighted by Gasteiger charge is -2.25.